The molecular weight excluding hydrogens is 328 g/mol. The molecule has 2 aromatic carbocycles. The van der Waals surface area contributed by atoms with Gasteiger partial charge in [-0.25, -0.2) is 0 Å². The number of esters is 1. The molecular formula is C21H22N2O3. The first-order valence-electron chi connectivity index (χ1n) is 8.64. The number of carbonyl (C=O) groups is 1. The molecule has 26 heavy (non-hydrogen) atoms. The summed E-state index contributed by atoms with van der Waals surface area (Å²) in [5.74, 6) is -0.555. The van der Waals surface area contributed by atoms with Gasteiger partial charge in [0.05, 0.1) is 25.4 Å². The van der Waals surface area contributed by atoms with Crippen molar-refractivity contribution >= 4 is 11.7 Å². The van der Waals surface area contributed by atoms with Gasteiger partial charge in [0.25, 0.3) is 0 Å². The number of rotatable bonds is 5. The number of carbonyl (C=O) groups excluding carboxylic acids is 1. The van der Waals surface area contributed by atoms with Crippen molar-refractivity contribution in [1.82, 2.24) is 0 Å². The number of nitriles is 1. The van der Waals surface area contributed by atoms with Crippen molar-refractivity contribution in [3.05, 3.63) is 59.7 Å². The van der Waals surface area contributed by atoms with Crippen molar-refractivity contribution in [2.75, 3.05) is 18.6 Å². The third kappa shape index (κ3) is 3.97. The van der Waals surface area contributed by atoms with Crippen LogP contribution in [-0.2, 0) is 16.1 Å². The molecule has 0 bridgehead atoms. The third-order valence-corrected chi connectivity index (χ3v) is 4.53. The Morgan fingerprint density at radius 3 is 2.81 bits per heavy atom. The predicted molar refractivity (Wildman–Crippen MR) is 98.8 cm³/mol. The number of anilines is 1. The Kier molecular flexibility index (Phi) is 5.43. The van der Waals surface area contributed by atoms with Gasteiger partial charge in [-0.1, -0.05) is 36.4 Å². The highest BCUT2D eigenvalue weighted by atomic mass is 16.5. The van der Waals surface area contributed by atoms with Gasteiger partial charge < -0.3 is 14.4 Å². The van der Waals surface area contributed by atoms with Gasteiger partial charge in [-0.15, -0.1) is 0 Å². The Hall–Kier alpha value is -3.00. The molecule has 2 aromatic rings. The topological polar surface area (TPSA) is 62.6 Å². The summed E-state index contributed by atoms with van der Waals surface area (Å²) in [7, 11) is 1.30. The minimum absolute atomic E-state index is 0.252. The molecule has 0 saturated carbocycles. The lowest BCUT2D eigenvalue weighted by molar-refractivity contribution is -0.144. The largest absolute Gasteiger partial charge is 0.486 e. The summed E-state index contributed by atoms with van der Waals surface area (Å²) in [6, 6.07) is 18.3. The summed E-state index contributed by atoms with van der Waals surface area (Å²) in [5, 5.41) is 9.27. The third-order valence-electron chi connectivity index (χ3n) is 4.53. The number of benzene rings is 2. The Labute approximate surface area is 153 Å². The zero-order valence-electron chi connectivity index (χ0n) is 15.0. The maximum atomic E-state index is 11.8. The normalized spacial score (nSPS) is 16.8. The van der Waals surface area contributed by atoms with Crippen molar-refractivity contribution in [2.45, 2.75) is 26.0 Å². The SMILES string of the molecule is COC(=O)C(C#N)C[C@H]1CN(Cc2ccccc2)c2cc(C)ccc2O1. The molecule has 1 aliphatic heterocycles. The van der Waals surface area contributed by atoms with Gasteiger partial charge in [-0.3, -0.25) is 4.79 Å². The first-order valence-corrected chi connectivity index (χ1v) is 8.64. The number of nitrogens with zero attached hydrogens (tertiary/aromatic N) is 2. The van der Waals surface area contributed by atoms with E-state index in [2.05, 4.69) is 30.0 Å². The van der Waals surface area contributed by atoms with Crippen LogP contribution >= 0.6 is 0 Å². The van der Waals surface area contributed by atoms with Crippen LogP contribution in [0.1, 0.15) is 17.5 Å². The molecule has 5 nitrogen and oxygen atoms in total. The lowest BCUT2D eigenvalue weighted by Crippen LogP contribution is -2.41. The van der Waals surface area contributed by atoms with E-state index >= 15 is 0 Å². The van der Waals surface area contributed by atoms with Crippen molar-refractivity contribution in [3.63, 3.8) is 0 Å². The summed E-state index contributed by atoms with van der Waals surface area (Å²) in [6.45, 7) is 3.41. The summed E-state index contributed by atoms with van der Waals surface area (Å²) >= 11 is 0. The number of hydrogen-bond acceptors (Lipinski definition) is 5. The quantitative estimate of drug-likeness (QED) is 0.773. The Bertz CT molecular complexity index is 814. The molecule has 134 valence electrons. The van der Waals surface area contributed by atoms with E-state index in [1.807, 2.05) is 36.4 Å². The Morgan fingerprint density at radius 2 is 2.12 bits per heavy atom. The van der Waals surface area contributed by atoms with Crippen LogP contribution < -0.4 is 9.64 Å². The number of fused-ring (bicyclic) bond motifs is 1. The smallest absolute Gasteiger partial charge is 0.323 e. The second kappa shape index (κ2) is 7.92. The van der Waals surface area contributed by atoms with Gasteiger partial charge in [-0.05, 0) is 30.2 Å². The van der Waals surface area contributed by atoms with Gasteiger partial charge in [0.15, 0.2) is 0 Å². The second-order valence-corrected chi connectivity index (χ2v) is 6.52. The molecule has 0 radical (unpaired) electrons. The molecule has 0 fully saturated rings. The highest BCUT2D eigenvalue weighted by Crippen LogP contribution is 2.36. The lowest BCUT2D eigenvalue weighted by atomic mass is 10.0. The lowest BCUT2D eigenvalue weighted by Gasteiger charge is -2.37. The molecule has 1 heterocycles. The van der Waals surface area contributed by atoms with Gasteiger partial charge >= 0.3 is 5.97 Å². The van der Waals surface area contributed by atoms with Gasteiger partial charge in [0.2, 0.25) is 0 Å². The molecule has 0 saturated heterocycles. The average molecular weight is 350 g/mol. The van der Waals surface area contributed by atoms with Crippen LogP contribution in [0.15, 0.2) is 48.5 Å². The van der Waals surface area contributed by atoms with Crippen molar-refractivity contribution in [3.8, 4) is 11.8 Å². The van der Waals surface area contributed by atoms with Crippen LogP contribution in [0.3, 0.4) is 0 Å². The van der Waals surface area contributed by atoms with E-state index in [4.69, 9.17) is 9.47 Å². The molecule has 0 spiro atoms. The number of ether oxygens (including phenoxy) is 2. The predicted octanol–water partition coefficient (Wildman–Crippen LogP) is 3.47. The van der Waals surface area contributed by atoms with Crippen molar-refractivity contribution in [1.29, 1.82) is 5.26 Å². The fraction of sp³-hybridized carbons (Fsp3) is 0.333. The molecule has 1 unspecified atom stereocenters. The van der Waals surface area contributed by atoms with Crippen LogP contribution in [0.2, 0.25) is 0 Å². The second-order valence-electron chi connectivity index (χ2n) is 6.52. The maximum Gasteiger partial charge on any atom is 0.323 e. The van der Waals surface area contributed by atoms with E-state index in [9.17, 15) is 10.1 Å². The van der Waals surface area contributed by atoms with Gasteiger partial charge in [0.1, 0.15) is 17.8 Å². The fourth-order valence-electron chi connectivity index (χ4n) is 3.22. The minimum Gasteiger partial charge on any atom is -0.486 e. The van der Waals surface area contributed by atoms with E-state index in [-0.39, 0.29) is 6.10 Å². The number of hydrogen-bond donors (Lipinski definition) is 0. The highest BCUT2D eigenvalue weighted by molar-refractivity contribution is 5.75. The molecule has 5 heteroatoms. The number of methoxy groups -OCH3 is 1. The van der Waals surface area contributed by atoms with Crippen molar-refractivity contribution in [2.24, 2.45) is 5.92 Å². The van der Waals surface area contributed by atoms with Crippen LogP contribution in [0.4, 0.5) is 5.69 Å². The van der Waals surface area contributed by atoms with Crippen LogP contribution in [0, 0.1) is 24.2 Å². The minimum atomic E-state index is -0.824. The van der Waals surface area contributed by atoms with E-state index in [0.29, 0.717) is 13.0 Å². The first-order chi connectivity index (χ1) is 12.6. The highest BCUT2D eigenvalue weighted by Gasteiger charge is 2.31. The summed E-state index contributed by atoms with van der Waals surface area (Å²) in [6.07, 6.45) is 0.0552. The van der Waals surface area contributed by atoms with E-state index < -0.39 is 11.9 Å². The average Bonchev–Trinajstić information content (AvgIpc) is 2.66. The van der Waals surface area contributed by atoms with E-state index in [1.165, 1.54) is 12.7 Å². The van der Waals surface area contributed by atoms with E-state index in [1.54, 1.807) is 0 Å². The molecule has 0 amide bonds. The van der Waals surface area contributed by atoms with Crippen LogP contribution in [0.5, 0.6) is 5.75 Å². The number of aryl methyl sites for hydroxylation is 1. The zero-order valence-corrected chi connectivity index (χ0v) is 15.0. The standard InChI is InChI=1S/C21H22N2O3/c1-15-8-9-20-19(10-15)23(13-16-6-4-3-5-7-16)14-18(26-20)11-17(12-22)21(24)25-2/h3-10,17-18H,11,13-14H2,1-2H3/t17?,18-/m0/s1. The van der Waals surface area contributed by atoms with E-state index in [0.717, 1.165) is 23.5 Å². The fourth-order valence-corrected chi connectivity index (χ4v) is 3.22. The Balaban J connectivity index is 1.84. The molecule has 1 aliphatic rings. The first kappa shape index (κ1) is 17.8. The summed E-state index contributed by atoms with van der Waals surface area (Å²) < 4.78 is 10.8. The molecule has 3 rings (SSSR count). The van der Waals surface area contributed by atoms with Gasteiger partial charge in [0, 0.05) is 13.0 Å². The molecule has 0 aromatic heterocycles. The zero-order chi connectivity index (χ0) is 18.5. The summed E-state index contributed by atoms with van der Waals surface area (Å²) in [5.41, 5.74) is 3.40. The summed E-state index contributed by atoms with van der Waals surface area (Å²) in [4.78, 5) is 14.0. The molecule has 0 N–H and O–H groups in total. The monoisotopic (exact) mass is 350 g/mol. The molecule has 2 atom stereocenters. The molecule has 0 aliphatic carbocycles. The van der Waals surface area contributed by atoms with Gasteiger partial charge in [-0.2, -0.15) is 5.26 Å². The van der Waals surface area contributed by atoms with Crippen LogP contribution in [-0.4, -0.2) is 25.7 Å². The van der Waals surface area contributed by atoms with Crippen LogP contribution in [0.25, 0.3) is 0 Å². The maximum absolute atomic E-state index is 11.8. The van der Waals surface area contributed by atoms with Crippen molar-refractivity contribution < 1.29 is 14.3 Å². The Morgan fingerprint density at radius 1 is 1.35 bits per heavy atom.